The van der Waals surface area contributed by atoms with Gasteiger partial charge >= 0.3 is 0 Å². The Labute approximate surface area is 175 Å². The SMILES string of the molecule is C#CC.CC.CC.Cc1cncn1-c1ccc(C2=NC3(CCCC3)NC2=O)cc1. The average Bonchev–Trinajstić information content (AvgIpc) is 3.47. The highest BCUT2D eigenvalue weighted by atomic mass is 16.2. The van der Waals surface area contributed by atoms with Gasteiger partial charge in [0.15, 0.2) is 0 Å². The zero-order valence-electron chi connectivity index (χ0n) is 18.6. The standard InChI is InChI=1S/C17H18N4O.C3H4.2C2H6/c1-12-10-18-11-21(12)14-6-4-13(5-7-14)15-16(22)20-17(19-15)8-2-3-9-17;1-3-2;2*1-2/h4-7,10-11H,2-3,8-9H2,1H3,(H,20,22);1H,2H3;2*1-2H3. The number of benzene rings is 1. The minimum absolute atomic E-state index is 0.0477. The van der Waals surface area contributed by atoms with Gasteiger partial charge in [0.2, 0.25) is 0 Å². The number of nitrogens with one attached hydrogen (secondary N) is 1. The van der Waals surface area contributed by atoms with Crippen molar-refractivity contribution >= 4 is 11.6 Å². The minimum Gasteiger partial charge on any atom is -0.326 e. The first-order valence-corrected chi connectivity index (χ1v) is 10.5. The van der Waals surface area contributed by atoms with Crippen molar-refractivity contribution in [1.82, 2.24) is 14.9 Å². The molecule has 1 N–H and O–H groups in total. The lowest BCUT2D eigenvalue weighted by Gasteiger charge is -2.18. The molecule has 0 radical (unpaired) electrons. The molecule has 1 fully saturated rings. The van der Waals surface area contributed by atoms with Gasteiger partial charge in [-0.15, -0.1) is 12.3 Å². The summed E-state index contributed by atoms with van der Waals surface area (Å²) in [6.45, 7) is 11.7. The van der Waals surface area contributed by atoms with Crippen molar-refractivity contribution in [2.24, 2.45) is 4.99 Å². The van der Waals surface area contributed by atoms with Crippen molar-refractivity contribution < 1.29 is 4.79 Å². The lowest BCUT2D eigenvalue weighted by molar-refractivity contribution is -0.115. The summed E-state index contributed by atoms with van der Waals surface area (Å²) in [5.74, 6) is 2.20. The molecule has 1 amide bonds. The third-order valence-corrected chi connectivity index (χ3v) is 4.56. The second-order valence-electron chi connectivity index (χ2n) is 6.39. The number of nitrogens with zero attached hydrogens (tertiary/aromatic N) is 3. The van der Waals surface area contributed by atoms with Gasteiger partial charge < -0.3 is 9.88 Å². The Kier molecular flexibility index (Phi) is 9.88. The molecule has 1 aromatic carbocycles. The summed E-state index contributed by atoms with van der Waals surface area (Å²) in [6.07, 6.45) is 12.4. The smallest absolute Gasteiger partial charge is 0.272 e. The second-order valence-corrected chi connectivity index (χ2v) is 6.39. The lowest BCUT2D eigenvalue weighted by Crippen LogP contribution is -2.39. The number of aliphatic imine (C=N–C) groups is 1. The number of carbonyl (C=O) groups is 1. The van der Waals surface area contributed by atoms with E-state index in [-0.39, 0.29) is 11.6 Å². The number of hydrogen-bond acceptors (Lipinski definition) is 3. The second kappa shape index (κ2) is 11.9. The van der Waals surface area contributed by atoms with Crippen molar-refractivity contribution in [2.45, 2.75) is 72.9 Å². The van der Waals surface area contributed by atoms with Crippen molar-refractivity contribution in [2.75, 3.05) is 0 Å². The van der Waals surface area contributed by atoms with Crippen LogP contribution < -0.4 is 5.32 Å². The van der Waals surface area contributed by atoms with Crippen LogP contribution in [0.15, 0.2) is 41.8 Å². The van der Waals surface area contributed by atoms with Crippen molar-refractivity contribution in [3.05, 3.63) is 48.0 Å². The van der Waals surface area contributed by atoms with E-state index in [0.717, 1.165) is 42.6 Å². The van der Waals surface area contributed by atoms with Crippen molar-refractivity contribution in [1.29, 1.82) is 0 Å². The van der Waals surface area contributed by atoms with E-state index in [2.05, 4.69) is 22.6 Å². The number of terminal acetylenes is 1. The molecule has 5 nitrogen and oxygen atoms in total. The Morgan fingerprint density at radius 3 is 2.14 bits per heavy atom. The molecule has 2 heterocycles. The fourth-order valence-corrected chi connectivity index (χ4v) is 3.37. The monoisotopic (exact) mass is 394 g/mol. The van der Waals surface area contributed by atoms with Crippen LogP contribution in [-0.2, 0) is 4.79 Å². The molecule has 1 spiro atoms. The zero-order chi connectivity index (χ0) is 21.9. The van der Waals surface area contributed by atoms with Gasteiger partial charge in [-0.05, 0) is 51.7 Å². The van der Waals surface area contributed by atoms with Gasteiger partial charge in [0.1, 0.15) is 11.4 Å². The molecule has 4 rings (SSSR count). The van der Waals surface area contributed by atoms with Gasteiger partial charge in [0, 0.05) is 23.1 Å². The van der Waals surface area contributed by atoms with E-state index < -0.39 is 0 Å². The number of amides is 1. The Balaban J connectivity index is 0.000000540. The molecule has 29 heavy (non-hydrogen) atoms. The van der Waals surface area contributed by atoms with E-state index in [1.165, 1.54) is 0 Å². The Hall–Kier alpha value is -2.87. The summed E-state index contributed by atoms with van der Waals surface area (Å²) in [6, 6.07) is 7.92. The van der Waals surface area contributed by atoms with Gasteiger partial charge in [-0.3, -0.25) is 9.79 Å². The predicted octanol–water partition coefficient (Wildman–Crippen LogP) is 5.06. The minimum atomic E-state index is -0.327. The number of aryl methyl sites for hydroxylation is 1. The van der Waals surface area contributed by atoms with Crippen LogP contribution in [0.25, 0.3) is 5.69 Å². The van der Waals surface area contributed by atoms with E-state index in [9.17, 15) is 4.79 Å². The molecule has 0 atom stereocenters. The molecule has 0 unspecified atom stereocenters. The zero-order valence-corrected chi connectivity index (χ0v) is 18.6. The maximum Gasteiger partial charge on any atom is 0.272 e. The number of rotatable bonds is 2. The maximum absolute atomic E-state index is 12.2. The van der Waals surface area contributed by atoms with Gasteiger partial charge in [-0.2, -0.15) is 0 Å². The highest BCUT2D eigenvalue weighted by molar-refractivity contribution is 6.46. The highest BCUT2D eigenvalue weighted by Crippen LogP contribution is 2.34. The van der Waals surface area contributed by atoms with Crippen LogP contribution in [0.1, 0.15) is 71.6 Å². The molecular formula is C24H34N4O. The van der Waals surface area contributed by atoms with Gasteiger partial charge in [-0.1, -0.05) is 39.8 Å². The van der Waals surface area contributed by atoms with E-state index in [0.29, 0.717) is 5.71 Å². The summed E-state index contributed by atoms with van der Waals surface area (Å²) in [5.41, 5.74) is 3.23. The molecule has 156 valence electrons. The number of hydrogen-bond donors (Lipinski definition) is 1. The van der Waals surface area contributed by atoms with E-state index in [1.54, 1.807) is 13.3 Å². The lowest BCUT2D eigenvalue weighted by atomic mass is 10.1. The van der Waals surface area contributed by atoms with Crippen LogP contribution in [0.2, 0.25) is 0 Å². The van der Waals surface area contributed by atoms with Crippen LogP contribution in [-0.4, -0.2) is 26.8 Å². The number of carbonyl (C=O) groups excluding carboxylic acids is 1. The summed E-state index contributed by atoms with van der Waals surface area (Å²) in [5, 5.41) is 3.07. The molecule has 2 aliphatic rings. The van der Waals surface area contributed by atoms with Gasteiger partial charge in [0.25, 0.3) is 5.91 Å². The molecule has 1 aromatic heterocycles. The first-order chi connectivity index (χ1) is 14.1. The summed E-state index contributed by atoms with van der Waals surface area (Å²) in [4.78, 5) is 21.1. The topological polar surface area (TPSA) is 59.3 Å². The Morgan fingerprint density at radius 1 is 1.10 bits per heavy atom. The third kappa shape index (κ3) is 5.80. The van der Waals surface area contributed by atoms with Crippen LogP contribution in [0, 0.1) is 19.3 Å². The average molecular weight is 395 g/mol. The summed E-state index contributed by atoms with van der Waals surface area (Å²) >= 11 is 0. The molecule has 0 saturated heterocycles. The van der Waals surface area contributed by atoms with Gasteiger partial charge in [-0.25, -0.2) is 4.98 Å². The van der Waals surface area contributed by atoms with E-state index >= 15 is 0 Å². The first kappa shape index (κ1) is 24.2. The maximum atomic E-state index is 12.2. The fraction of sp³-hybridized carbons (Fsp3) is 0.458. The predicted molar refractivity (Wildman–Crippen MR) is 121 cm³/mol. The molecule has 1 aliphatic heterocycles. The first-order valence-electron chi connectivity index (χ1n) is 10.5. The molecule has 1 saturated carbocycles. The number of aromatic nitrogens is 2. The molecular weight excluding hydrogens is 360 g/mol. The third-order valence-electron chi connectivity index (χ3n) is 4.56. The molecule has 0 bridgehead atoms. The normalized spacial score (nSPS) is 15.5. The van der Waals surface area contributed by atoms with Crippen LogP contribution in [0.4, 0.5) is 0 Å². The highest BCUT2D eigenvalue weighted by Gasteiger charge is 2.41. The number of imidazole rings is 1. The van der Waals surface area contributed by atoms with Crippen molar-refractivity contribution in [3.63, 3.8) is 0 Å². The Bertz CT molecular complexity index is 835. The Morgan fingerprint density at radius 2 is 1.66 bits per heavy atom. The van der Waals surface area contributed by atoms with Crippen LogP contribution >= 0.6 is 0 Å². The quantitative estimate of drug-likeness (QED) is 0.724. The molecule has 1 aliphatic carbocycles. The van der Waals surface area contributed by atoms with Gasteiger partial charge in [0.05, 0.1) is 6.33 Å². The fourth-order valence-electron chi connectivity index (χ4n) is 3.37. The molecule has 5 heteroatoms. The van der Waals surface area contributed by atoms with Crippen LogP contribution in [0.5, 0.6) is 0 Å². The summed E-state index contributed by atoms with van der Waals surface area (Å²) in [7, 11) is 0. The van der Waals surface area contributed by atoms with E-state index in [1.807, 2.05) is 69.6 Å². The van der Waals surface area contributed by atoms with Crippen molar-refractivity contribution in [3.8, 4) is 18.0 Å². The van der Waals surface area contributed by atoms with E-state index in [4.69, 9.17) is 4.99 Å². The largest absolute Gasteiger partial charge is 0.326 e. The summed E-state index contributed by atoms with van der Waals surface area (Å²) < 4.78 is 2.01. The molecule has 2 aromatic rings. The van der Waals surface area contributed by atoms with Crippen LogP contribution in [0.3, 0.4) is 0 Å².